The highest BCUT2D eigenvalue weighted by Crippen LogP contribution is 2.63. The molecule has 0 bridgehead atoms. The van der Waals surface area contributed by atoms with Gasteiger partial charge in [-0.1, -0.05) is 48.5 Å². The van der Waals surface area contributed by atoms with Gasteiger partial charge in [0.15, 0.2) is 0 Å². The zero-order valence-electron chi connectivity index (χ0n) is 18.6. The number of hydrogen-bond acceptors (Lipinski definition) is 4. The minimum absolute atomic E-state index is 0.0102. The van der Waals surface area contributed by atoms with Crippen molar-refractivity contribution >= 4 is 18.0 Å². The Morgan fingerprint density at radius 2 is 1.74 bits per heavy atom. The number of fused-ring (bicyclic) bond motifs is 4. The fourth-order valence-electron chi connectivity index (χ4n) is 5.68. The molecule has 0 spiro atoms. The Balaban J connectivity index is 1.19. The number of amides is 2. The largest absolute Gasteiger partial charge is 0.481 e. The van der Waals surface area contributed by atoms with E-state index >= 15 is 0 Å². The second-order valence-electron chi connectivity index (χ2n) is 9.44. The summed E-state index contributed by atoms with van der Waals surface area (Å²) in [4.78, 5) is 36.9. The normalized spacial score (nSPS) is 24.7. The Morgan fingerprint density at radius 1 is 1.09 bits per heavy atom. The molecule has 0 radical (unpaired) electrons. The van der Waals surface area contributed by atoms with Crippen LogP contribution >= 0.6 is 0 Å². The number of rotatable bonds is 7. The quantitative estimate of drug-likeness (QED) is 0.553. The number of nitrogens with one attached hydrogen (secondary N) is 2. The molecular weight excluding hydrogens is 432 g/mol. The summed E-state index contributed by atoms with van der Waals surface area (Å²) in [7, 11) is 0. The van der Waals surface area contributed by atoms with Gasteiger partial charge in [-0.3, -0.25) is 9.59 Å². The second-order valence-corrected chi connectivity index (χ2v) is 9.44. The molecule has 5 rings (SSSR count). The highest BCUT2D eigenvalue weighted by molar-refractivity contribution is 5.87. The number of terminal acetylenes is 1. The number of benzene rings is 2. The SMILES string of the molecule is C#CCC(NC(=O)OCC1c2ccccc2-c2ccccc21)C(=O)N[C@@H]1C[C@H]2C[C@@]2(C(=O)O)C1. The minimum atomic E-state index is -0.946. The zero-order chi connectivity index (χ0) is 23.9. The topological polar surface area (TPSA) is 105 Å². The van der Waals surface area contributed by atoms with Crippen LogP contribution < -0.4 is 10.6 Å². The summed E-state index contributed by atoms with van der Waals surface area (Å²) >= 11 is 0. The fourth-order valence-corrected chi connectivity index (χ4v) is 5.68. The Morgan fingerprint density at radius 3 is 2.32 bits per heavy atom. The summed E-state index contributed by atoms with van der Waals surface area (Å²) in [6.45, 7) is 0.135. The summed E-state index contributed by atoms with van der Waals surface area (Å²) in [6, 6.07) is 14.9. The number of aliphatic carboxylic acids is 1. The molecule has 34 heavy (non-hydrogen) atoms. The first-order valence-corrected chi connectivity index (χ1v) is 11.5. The lowest BCUT2D eigenvalue weighted by Crippen LogP contribution is -2.49. The van der Waals surface area contributed by atoms with Gasteiger partial charge < -0.3 is 20.5 Å². The van der Waals surface area contributed by atoms with Crippen molar-refractivity contribution in [2.45, 2.75) is 43.7 Å². The van der Waals surface area contributed by atoms with Crippen LogP contribution in [0, 0.1) is 23.7 Å². The standard InChI is InChI=1S/C27H26N2O5/c1-2-7-23(24(30)28-17-12-16-13-27(16,14-17)25(31)32)29-26(33)34-15-22-20-10-5-3-8-18(20)19-9-4-6-11-21(19)22/h1,3-6,8-11,16-17,22-23H,7,12-15H2,(H,28,30)(H,29,33)(H,31,32)/t16-,17+,23?,27+/m0/s1. The molecule has 0 heterocycles. The number of carboxylic acid groups (broad SMARTS) is 1. The van der Waals surface area contributed by atoms with Gasteiger partial charge >= 0.3 is 12.1 Å². The van der Waals surface area contributed by atoms with E-state index in [0.717, 1.165) is 22.3 Å². The molecule has 0 saturated heterocycles. The lowest BCUT2D eigenvalue weighted by molar-refractivity contribution is -0.143. The smallest absolute Gasteiger partial charge is 0.407 e. The molecule has 7 nitrogen and oxygen atoms in total. The molecular formula is C27H26N2O5. The van der Waals surface area contributed by atoms with E-state index < -0.39 is 29.4 Å². The van der Waals surface area contributed by atoms with Crippen LogP contribution in [0.25, 0.3) is 11.1 Å². The monoisotopic (exact) mass is 458 g/mol. The maximum Gasteiger partial charge on any atom is 0.407 e. The molecule has 7 heteroatoms. The summed E-state index contributed by atoms with van der Waals surface area (Å²) < 4.78 is 5.53. The second kappa shape index (κ2) is 8.53. The Labute approximate surface area is 197 Å². The van der Waals surface area contributed by atoms with E-state index in [2.05, 4.69) is 28.7 Å². The molecule has 2 aromatic rings. The third-order valence-electron chi connectivity index (χ3n) is 7.46. The molecule has 2 fully saturated rings. The van der Waals surface area contributed by atoms with Crippen LogP contribution in [-0.2, 0) is 14.3 Å². The van der Waals surface area contributed by atoms with Crippen LogP contribution in [0.3, 0.4) is 0 Å². The lowest BCUT2D eigenvalue weighted by atomic mass is 9.98. The summed E-state index contributed by atoms with van der Waals surface area (Å²) in [5.41, 5.74) is 3.76. The van der Waals surface area contributed by atoms with Crippen molar-refractivity contribution in [1.29, 1.82) is 0 Å². The Kier molecular flexibility index (Phi) is 5.52. The number of carbonyl (C=O) groups excluding carboxylic acids is 2. The first-order chi connectivity index (χ1) is 16.4. The highest BCUT2D eigenvalue weighted by atomic mass is 16.5. The molecule has 3 N–H and O–H groups in total. The third-order valence-corrected chi connectivity index (χ3v) is 7.46. The maximum atomic E-state index is 12.8. The van der Waals surface area contributed by atoms with Crippen molar-refractivity contribution in [2.75, 3.05) is 6.61 Å². The van der Waals surface area contributed by atoms with E-state index in [9.17, 15) is 19.5 Å². The van der Waals surface area contributed by atoms with E-state index in [1.807, 2.05) is 36.4 Å². The fraction of sp³-hybridized carbons (Fsp3) is 0.370. The van der Waals surface area contributed by atoms with Crippen LogP contribution in [0.1, 0.15) is 42.7 Å². The van der Waals surface area contributed by atoms with Gasteiger partial charge in [-0.25, -0.2) is 4.79 Å². The molecule has 1 unspecified atom stereocenters. The van der Waals surface area contributed by atoms with Crippen molar-refractivity contribution in [3.05, 3.63) is 59.7 Å². The molecule has 0 aliphatic heterocycles. The van der Waals surface area contributed by atoms with Gasteiger partial charge in [-0.2, -0.15) is 0 Å². The van der Waals surface area contributed by atoms with E-state index in [1.165, 1.54) is 0 Å². The molecule has 2 saturated carbocycles. The molecule has 4 atom stereocenters. The Hall–Kier alpha value is -3.79. The number of alkyl carbamates (subject to hydrolysis) is 1. The van der Waals surface area contributed by atoms with Crippen LogP contribution in [0.15, 0.2) is 48.5 Å². The average molecular weight is 459 g/mol. The van der Waals surface area contributed by atoms with Gasteiger partial charge in [0.1, 0.15) is 12.6 Å². The van der Waals surface area contributed by atoms with Gasteiger partial charge in [0, 0.05) is 18.4 Å². The van der Waals surface area contributed by atoms with Crippen molar-refractivity contribution in [2.24, 2.45) is 11.3 Å². The predicted octanol–water partition coefficient (Wildman–Crippen LogP) is 3.29. The highest BCUT2D eigenvalue weighted by Gasteiger charge is 2.65. The van der Waals surface area contributed by atoms with E-state index in [-0.39, 0.29) is 30.9 Å². The van der Waals surface area contributed by atoms with Gasteiger partial charge in [0.2, 0.25) is 5.91 Å². The van der Waals surface area contributed by atoms with Crippen LogP contribution in [0.5, 0.6) is 0 Å². The average Bonchev–Trinajstić information content (AvgIpc) is 3.26. The van der Waals surface area contributed by atoms with Crippen molar-refractivity contribution in [3.8, 4) is 23.5 Å². The molecule has 3 aliphatic carbocycles. The van der Waals surface area contributed by atoms with Crippen LogP contribution in [0.2, 0.25) is 0 Å². The van der Waals surface area contributed by atoms with Gasteiger partial charge in [-0.05, 0) is 47.4 Å². The Bertz CT molecular complexity index is 1160. The summed E-state index contributed by atoms with van der Waals surface area (Å²) in [6.07, 6.45) is 6.42. The van der Waals surface area contributed by atoms with Crippen LogP contribution in [0.4, 0.5) is 4.79 Å². The number of carboxylic acids is 1. The number of hydrogen-bond donors (Lipinski definition) is 3. The lowest BCUT2D eigenvalue weighted by Gasteiger charge is -2.21. The van der Waals surface area contributed by atoms with Crippen molar-refractivity contribution in [3.63, 3.8) is 0 Å². The zero-order valence-corrected chi connectivity index (χ0v) is 18.6. The van der Waals surface area contributed by atoms with Crippen molar-refractivity contribution in [1.82, 2.24) is 10.6 Å². The maximum absolute atomic E-state index is 12.8. The van der Waals surface area contributed by atoms with Crippen LogP contribution in [-0.4, -0.2) is 41.8 Å². The van der Waals surface area contributed by atoms with E-state index in [0.29, 0.717) is 19.3 Å². The first kappa shape index (κ1) is 22.0. The molecule has 2 amide bonds. The summed E-state index contributed by atoms with van der Waals surface area (Å²) in [5.74, 6) is 1.22. The number of carbonyl (C=O) groups is 3. The third kappa shape index (κ3) is 3.79. The van der Waals surface area contributed by atoms with Gasteiger partial charge in [0.05, 0.1) is 5.41 Å². The number of ether oxygens (including phenoxy) is 1. The molecule has 2 aromatic carbocycles. The molecule has 0 aromatic heterocycles. The van der Waals surface area contributed by atoms with Crippen molar-refractivity contribution < 1.29 is 24.2 Å². The predicted molar refractivity (Wildman–Crippen MR) is 125 cm³/mol. The first-order valence-electron chi connectivity index (χ1n) is 11.5. The minimum Gasteiger partial charge on any atom is -0.481 e. The van der Waals surface area contributed by atoms with E-state index in [1.54, 1.807) is 0 Å². The molecule has 3 aliphatic rings. The van der Waals surface area contributed by atoms with Gasteiger partial charge in [0.25, 0.3) is 0 Å². The van der Waals surface area contributed by atoms with Gasteiger partial charge in [-0.15, -0.1) is 12.3 Å². The summed E-state index contributed by atoms with van der Waals surface area (Å²) in [5, 5.41) is 14.9. The molecule has 174 valence electrons. The van der Waals surface area contributed by atoms with E-state index in [4.69, 9.17) is 11.2 Å².